The molecule has 0 saturated carbocycles. The highest BCUT2D eigenvalue weighted by Crippen LogP contribution is 2.48. The fourth-order valence-corrected chi connectivity index (χ4v) is 5.77. The summed E-state index contributed by atoms with van der Waals surface area (Å²) in [6, 6.07) is 13.1. The van der Waals surface area contributed by atoms with Crippen molar-refractivity contribution in [3.05, 3.63) is 47.5 Å². The van der Waals surface area contributed by atoms with Crippen LogP contribution in [0, 0.1) is 0 Å². The quantitative estimate of drug-likeness (QED) is 0.232. The molecule has 2 heterocycles. The minimum absolute atomic E-state index is 0.258. The van der Waals surface area contributed by atoms with E-state index >= 15 is 0 Å². The van der Waals surface area contributed by atoms with Crippen LogP contribution in [-0.2, 0) is 28.1 Å². The lowest BCUT2D eigenvalue weighted by molar-refractivity contribution is -0.0804. The first kappa shape index (κ1) is 31.7. The zero-order chi connectivity index (χ0) is 30.5. The van der Waals surface area contributed by atoms with Gasteiger partial charge in [-0.15, -0.1) is 0 Å². The Morgan fingerprint density at radius 1 is 0.571 bits per heavy atom. The van der Waals surface area contributed by atoms with E-state index in [4.69, 9.17) is 28.1 Å². The molecule has 2 aliphatic heterocycles. The monoisotopic (exact) mass is 576 g/mol. The van der Waals surface area contributed by atoms with E-state index in [1.165, 1.54) is 0 Å². The third-order valence-corrected chi connectivity index (χ3v) is 9.97. The first-order valence-electron chi connectivity index (χ1n) is 15.9. The van der Waals surface area contributed by atoms with Crippen LogP contribution in [0.4, 0.5) is 0 Å². The zero-order valence-electron chi connectivity index (χ0n) is 27.5. The van der Waals surface area contributed by atoms with Crippen molar-refractivity contribution in [3.8, 4) is 11.1 Å². The molecule has 2 aromatic carbocycles. The van der Waals surface area contributed by atoms with Crippen molar-refractivity contribution in [2.24, 2.45) is 0 Å². The van der Waals surface area contributed by atoms with E-state index < -0.39 is 36.6 Å². The van der Waals surface area contributed by atoms with Crippen LogP contribution in [0.25, 0.3) is 11.1 Å². The highest BCUT2D eigenvalue weighted by atomic mass is 16.7. The van der Waals surface area contributed by atoms with Gasteiger partial charge in [0.25, 0.3) is 0 Å². The van der Waals surface area contributed by atoms with E-state index in [1.807, 2.05) is 0 Å². The topological polar surface area (TPSA) is 55.4 Å². The summed E-state index contributed by atoms with van der Waals surface area (Å²) in [5, 5.41) is 0. The van der Waals surface area contributed by atoms with Crippen molar-refractivity contribution in [2.45, 2.75) is 130 Å². The lowest BCUT2D eigenvalue weighted by Crippen LogP contribution is -2.41. The summed E-state index contributed by atoms with van der Waals surface area (Å²) < 4.78 is 39.2. The second kappa shape index (κ2) is 11.7. The van der Waals surface area contributed by atoms with Crippen LogP contribution in [0.2, 0.25) is 0 Å². The minimum Gasteiger partial charge on any atom is -0.399 e. The van der Waals surface area contributed by atoms with Gasteiger partial charge in [0.2, 0.25) is 0 Å². The maximum absolute atomic E-state index is 6.71. The maximum atomic E-state index is 6.71. The minimum atomic E-state index is -0.441. The summed E-state index contributed by atoms with van der Waals surface area (Å²) in [4.78, 5) is 0. The van der Waals surface area contributed by atoms with E-state index in [1.54, 1.807) is 0 Å². The number of rotatable bonds is 10. The largest absolute Gasteiger partial charge is 0.494 e. The highest BCUT2D eigenvalue weighted by molar-refractivity contribution is 6.62. The Morgan fingerprint density at radius 2 is 0.905 bits per heavy atom. The fourth-order valence-electron chi connectivity index (χ4n) is 5.77. The zero-order valence-corrected chi connectivity index (χ0v) is 27.5. The van der Waals surface area contributed by atoms with Crippen LogP contribution < -0.4 is 10.9 Å². The van der Waals surface area contributed by atoms with Crippen molar-refractivity contribution in [3.63, 3.8) is 0 Å². The normalized spacial score (nSPS) is 25.0. The van der Waals surface area contributed by atoms with Gasteiger partial charge in [-0.2, -0.15) is 0 Å². The van der Waals surface area contributed by atoms with Crippen molar-refractivity contribution in [1.29, 1.82) is 0 Å². The molecule has 5 rings (SSSR count). The molecular formula is C34H50B2O6. The van der Waals surface area contributed by atoms with E-state index in [0.29, 0.717) is 13.2 Å². The molecule has 1 aliphatic carbocycles. The molecule has 0 N–H and O–H groups in total. The highest BCUT2D eigenvalue weighted by Gasteiger charge is 2.53. The summed E-state index contributed by atoms with van der Waals surface area (Å²) in [6.45, 7) is 22.4. The molecule has 2 unspecified atom stereocenters. The van der Waals surface area contributed by atoms with Crippen LogP contribution in [-0.4, -0.2) is 49.9 Å². The molecule has 228 valence electrons. The second-order valence-corrected chi connectivity index (χ2v) is 14.2. The molecule has 8 heteroatoms. The van der Waals surface area contributed by atoms with Gasteiger partial charge in [-0.25, -0.2) is 0 Å². The predicted molar refractivity (Wildman–Crippen MR) is 171 cm³/mol. The van der Waals surface area contributed by atoms with Crippen LogP contribution >= 0.6 is 0 Å². The van der Waals surface area contributed by atoms with E-state index in [2.05, 4.69) is 106 Å². The second-order valence-electron chi connectivity index (χ2n) is 14.2. The van der Waals surface area contributed by atoms with Gasteiger partial charge in [0, 0.05) is 13.2 Å². The van der Waals surface area contributed by atoms with E-state index in [-0.39, 0.29) is 12.2 Å². The molecule has 0 bridgehead atoms. The number of ether oxygens (including phenoxy) is 2. The first-order chi connectivity index (χ1) is 19.7. The van der Waals surface area contributed by atoms with Crippen LogP contribution in [0.5, 0.6) is 0 Å². The van der Waals surface area contributed by atoms with Crippen LogP contribution in [0.3, 0.4) is 0 Å². The molecule has 2 saturated heterocycles. The molecule has 6 nitrogen and oxygen atoms in total. The summed E-state index contributed by atoms with van der Waals surface area (Å²) in [6.07, 6.45) is 3.60. The molecule has 0 spiro atoms. The average Bonchev–Trinajstić information content (AvgIpc) is 3.28. The third-order valence-electron chi connectivity index (χ3n) is 9.97. The van der Waals surface area contributed by atoms with Crippen LogP contribution in [0.1, 0.15) is 118 Å². The number of hydrogen-bond donors (Lipinski definition) is 0. The molecule has 2 aromatic rings. The average molecular weight is 576 g/mol. The summed E-state index contributed by atoms with van der Waals surface area (Å²) in [7, 11) is -0.883. The fraction of sp³-hybridized carbons (Fsp3) is 0.647. The number of fused-ring (bicyclic) bond motifs is 3. The Kier molecular flexibility index (Phi) is 8.83. The number of hydrogen-bond acceptors (Lipinski definition) is 6. The van der Waals surface area contributed by atoms with Gasteiger partial charge < -0.3 is 28.1 Å². The molecule has 2 atom stereocenters. The van der Waals surface area contributed by atoms with Crippen molar-refractivity contribution >= 4 is 25.2 Å². The van der Waals surface area contributed by atoms with Crippen molar-refractivity contribution < 1.29 is 28.1 Å². The van der Waals surface area contributed by atoms with E-state index in [0.717, 1.165) is 58.9 Å². The van der Waals surface area contributed by atoms with Crippen molar-refractivity contribution in [2.75, 3.05) is 13.2 Å². The third kappa shape index (κ3) is 5.76. The van der Waals surface area contributed by atoms with E-state index in [9.17, 15) is 0 Å². The Hall–Kier alpha value is -1.67. The predicted octanol–water partition coefficient (Wildman–Crippen LogP) is 6.68. The lowest BCUT2D eigenvalue weighted by Gasteiger charge is -2.36. The molecule has 0 radical (unpaired) electrons. The smallest absolute Gasteiger partial charge is 0.399 e. The summed E-state index contributed by atoms with van der Waals surface area (Å²) in [5.41, 5.74) is 4.92. The molecular weight excluding hydrogens is 526 g/mol. The Labute approximate surface area is 254 Å². The molecule has 0 amide bonds. The van der Waals surface area contributed by atoms with Gasteiger partial charge in [-0.1, -0.05) is 63.1 Å². The first-order valence-corrected chi connectivity index (χ1v) is 15.9. The standard InChI is InChI=1S/C34H50B2O6/c1-11-13-19-37-29-27-21-23(35-39-31(3,4)32(5,6)40-35)15-17-25(27)26-18-16-24(22-28(26)30(29)38-20-14-12-2)36-41-33(7,8)34(9,10)42-36/h15-18,21-22,29-30H,11-14,19-20H2,1-10H3. The van der Waals surface area contributed by atoms with Gasteiger partial charge in [-0.3, -0.25) is 0 Å². The molecule has 2 fully saturated rings. The van der Waals surface area contributed by atoms with Gasteiger partial charge in [0.05, 0.1) is 22.4 Å². The maximum Gasteiger partial charge on any atom is 0.494 e. The Bertz CT molecular complexity index is 1140. The SMILES string of the molecule is CCCCOC1c2cc(B3OC(C)(C)C(C)(C)O3)ccc2-c2ccc(B3OC(C)(C)C(C)(C)O3)cc2C1OCCCC. The van der Waals surface area contributed by atoms with Gasteiger partial charge >= 0.3 is 14.2 Å². The number of unbranched alkanes of at least 4 members (excludes halogenated alkanes) is 2. The summed E-state index contributed by atoms with van der Waals surface area (Å²) >= 11 is 0. The molecule has 3 aliphatic rings. The Morgan fingerprint density at radius 3 is 1.21 bits per heavy atom. The number of benzene rings is 2. The van der Waals surface area contributed by atoms with Gasteiger partial charge in [0.1, 0.15) is 12.2 Å². The van der Waals surface area contributed by atoms with Crippen molar-refractivity contribution in [1.82, 2.24) is 0 Å². The molecule has 42 heavy (non-hydrogen) atoms. The molecule has 0 aromatic heterocycles. The van der Waals surface area contributed by atoms with Crippen LogP contribution in [0.15, 0.2) is 36.4 Å². The van der Waals surface area contributed by atoms with Gasteiger partial charge in [0.15, 0.2) is 0 Å². The lowest BCUT2D eigenvalue weighted by atomic mass is 9.71. The Balaban J connectivity index is 1.58. The van der Waals surface area contributed by atoms with Gasteiger partial charge in [-0.05, 0) is 101 Å². The summed E-state index contributed by atoms with van der Waals surface area (Å²) in [5.74, 6) is 0.